The Labute approximate surface area is 77.6 Å². The SMILES string of the molecule is CCCCC[C@H](CC(=O)O)C(=O)O. The average molecular weight is 188 g/mol. The summed E-state index contributed by atoms with van der Waals surface area (Å²) in [6.07, 6.45) is 2.97. The van der Waals surface area contributed by atoms with Crippen LogP contribution in [0.25, 0.3) is 0 Å². The number of unbranched alkanes of at least 4 members (excludes halogenated alkanes) is 2. The predicted octanol–water partition coefficient (Wildman–Crippen LogP) is 1.74. The molecular weight excluding hydrogens is 172 g/mol. The number of rotatable bonds is 7. The molecule has 0 aliphatic heterocycles. The summed E-state index contributed by atoms with van der Waals surface area (Å²) in [7, 11) is 0. The van der Waals surface area contributed by atoms with E-state index >= 15 is 0 Å². The van der Waals surface area contributed by atoms with Gasteiger partial charge in [0.15, 0.2) is 0 Å². The molecule has 0 bridgehead atoms. The lowest BCUT2D eigenvalue weighted by molar-refractivity contribution is -0.148. The van der Waals surface area contributed by atoms with Gasteiger partial charge in [0, 0.05) is 0 Å². The Bertz CT molecular complexity index is 176. The Morgan fingerprint density at radius 2 is 1.85 bits per heavy atom. The van der Waals surface area contributed by atoms with Gasteiger partial charge in [-0.25, -0.2) is 0 Å². The molecule has 0 aromatic heterocycles. The third-order valence-electron chi connectivity index (χ3n) is 1.93. The van der Waals surface area contributed by atoms with Gasteiger partial charge in [-0.15, -0.1) is 0 Å². The Morgan fingerprint density at radius 1 is 1.23 bits per heavy atom. The zero-order valence-corrected chi connectivity index (χ0v) is 7.82. The number of carboxylic acids is 2. The van der Waals surface area contributed by atoms with Gasteiger partial charge in [0.2, 0.25) is 0 Å². The van der Waals surface area contributed by atoms with Crippen molar-refractivity contribution >= 4 is 11.9 Å². The number of carboxylic acid groups (broad SMARTS) is 2. The molecule has 0 amide bonds. The van der Waals surface area contributed by atoms with E-state index in [1.54, 1.807) is 0 Å². The van der Waals surface area contributed by atoms with Gasteiger partial charge in [0.1, 0.15) is 0 Å². The summed E-state index contributed by atoms with van der Waals surface area (Å²) in [6, 6.07) is 0. The Hall–Kier alpha value is -1.06. The summed E-state index contributed by atoms with van der Waals surface area (Å²) >= 11 is 0. The second-order valence-electron chi connectivity index (χ2n) is 3.13. The lowest BCUT2D eigenvalue weighted by Gasteiger charge is -2.08. The molecule has 0 spiro atoms. The van der Waals surface area contributed by atoms with Crippen molar-refractivity contribution in [1.29, 1.82) is 0 Å². The van der Waals surface area contributed by atoms with E-state index in [4.69, 9.17) is 10.2 Å². The highest BCUT2D eigenvalue weighted by Crippen LogP contribution is 2.13. The molecule has 0 aromatic rings. The third kappa shape index (κ3) is 6.13. The van der Waals surface area contributed by atoms with Crippen LogP contribution in [-0.2, 0) is 9.59 Å². The van der Waals surface area contributed by atoms with E-state index in [-0.39, 0.29) is 6.42 Å². The molecule has 0 aliphatic carbocycles. The normalized spacial score (nSPS) is 12.4. The molecule has 13 heavy (non-hydrogen) atoms. The Morgan fingerprint density at radius 3 is 2.23 bits per heavy atom. The highest BCUT2D eigenvalue weighted by atomic mass is 16.4. The smallest absolute Gasteiger partial charge is 0.307 e. The van der Waals surface area contributed by atoms with Gasteiger partial charge in [-0.05, 0) is 6.42 Å². The molecule has 4 nitrogen and oxygen atoms in total. The first-order valence-electron chi connectivity index (χ1n) is 4.52. The van der Waals surface area contributed by atoms with Crippen LogP contribution < -0.4 is 0 Å². The zero-order chi connectivity index (χ0) is 10.3. The summed E-state index contributed by atoms with van der Waals surface area (Å²) in [5, 5.41) is 17.1. The van der Waals surface area contributed by atoms with Gasteiger partial charge in [-0.1, -0.05) is 26.2 Å². The van der Waals surface area contributed by atoms with Gasteiger partial charge in [-0.2, -0.15) is 0 Å². The molecule has 1 atom stereocenters. The van der Waals surface area contributed by atoms with Crippen LogP contribution in [0.5, 0.6) is 0 Å². The van der Waals surface area contributed by atoms with Crippen LogP contribution in [0.1, 0.15) is 39.0 Å². The summed E-state index contributed by atoms with van der Waals surface area (Å²) in [5.41, 5.74) is 0. The van der Waals surface area contributed by atoms with Crippen LogP contribution in [-0.4, -0.2) is 22.2 Å². The molecule has 0 saturated carbocycles. The topological polar surface area (TPSA) is 74.6 Å². The van der Waals surface area contributed by atoms with E-state index in [1.807, 2.05) is 6.92 Å². The minimum absolute atomic E-state index is 0.265. The van der Waals surface area contributed by atoms with E-state index < -0.39 is 17.9 Å². The second kappa shape index (κ2) is 6.46. The van der Waals surface area contributed by atoms with Crippen molar-refractivity contribution in [2.75, 3.05) is 0 Å². The molecule has 0 saturated heterocycles. The van der Waals surface area contributed by atoms with Crippen LogP contribution in [0.2, 0.25) is 0 Å². The maximum Gasteiger partial charge on any atom is 0.307 e. The highest BCUT2D eigenvalue weighted by Gasteiger charge is 2.19. The zero-order valence-electron chi connectivity index (χ0n) is 7.82. The largest absolute Gasteiger partial charge is 0.481 e. The van der Waals surface area contributed by atoms with Crippen LogP contribution in [0.15, 0.2) is 0 Å². The minimum Gasteiger partial charge on any atom is -0.481 e. The number of carbonyl (C=O) groups is 2. The first kappa shape index (κ1) is 11.9. The van der Waals surface area contributed by atoms with Crippen LogP contribution in [0.4, 0.5) is 0 Å². The molecular formula is C9H16O4. The predicted molar refractivity (Wildman–Crippen MR) is 47.5 cm³/mol. The molecule has 0 unspecified atom stereocenters. The van der Waals surface area contributed by atoms with Crippen LogP contribution >= 0.6 is 0 Å². The van der Waals surface area contributed by atoms with E-state index in [1.165, 1.54) is 0 Å². The first-order chi connectivity index (χ1) is 6.07. The van der Waals surface area contributed by atoms with Gasteiger partial charge >= 0.3 is 11.9 Å². The third-order valence-corrected chi connectivity index (χ3v) is 1.93. The summed E-state index contributed by atoms with van der Waals surface area (Å²) in [5.74, 6) is -2.76. The number of hydrogen-bond donors (Lipinski definition) is 2. The van der Waals surface area contributed by atoms with Crippen molar-refractivity contribution < 1.29 is 19.8 Å². The maximum absolute atomic E-state index is 10.6. The molecule has 76 valence electrons. The Balaban J connectivity index is 3.81. The standard InChI is InChI=1S/C9H16O4/c1-2-3-4-5-7(9(12)13)6-8(10)11/h7H,2-6H2,1H3,(H,10,11)(H,12,13)/t7-/m1/s1. The average Bonchev–Trinajstić information content (AvgIpc) is 2.02. The van der Waals surface area contributed by atoms with Crippen molar-refractivity contribution in [3.63, 3.8) is 0 Å². The molecule has 0 rings (SSSR count). The van der Waals surface area contributed by atoms with E-state index in [0.717, 1.165) is 19.3 Å². The van der Waals surface area contributed by atoms with Crippen molar-refractivity contribution in [3.05, 3.63) is 0 Å². The van der Waals surface area contributed by atoms with Crippen molar-refractivity contribution in [2.45, 2.75) is 39.0 Å². The quantitative estimate of drug-likeness (QED) is 0.597. The molecule has 0 fully saturated rings. The molecule has 0 heterocycles. The van der Waals surface area contributed by atoms with E-state index in [9.17, 15) is 9.59 Å². The fourth-order valence-corrected chi connectivity index (χ4v) is 1.16. The fourth-order valence-electron chi connectivity index (χ4n) is 1.16. The van der Waals surface area contributed by atoms with Crippen molar-refractivity contribution in [2.24, 2.45) is 5.92 Å². The van der Waals surface area contributed by atoms with Gasteiger partial charge in [0.05, 0.1) is 12.3 Å². The van der Waals surface area contributed by atoms with Crippen LogP contribution in [0, 0.1) is 5.92 Å². The van der Waals surface area contributed by atoms with Crippen molar-refractivity contribution in [1.82, 2.24) is 0 Å². The van der Waals surface area contributed by atoms with Gasteiger partial charge in [0.25, 0.3) is 0 Å². The monoisotopic (exact) mass is 188 g/mol. The Kier molecular flexibility index (Phi) is 5.93. The van der Waals surface area contributed by atoms with Gasteiger partial charge < -0.3 is 10.2 Å². The summed E-state index contributed by atoms with van der Waals surface area (Å²) < 4.78 is 0. The van der Waals surface area contributed by atoms with Crippen molar-refractivity contribution in [3.8, 4) is 0 Å². The molecule has 0 aromatic carbocycles. The minimum atomic E-state index is -1.04. The molecule has 0 aliphatic rings. The molecule has 4 heteroatoms. The summed E-state index contributed by atoms with van der Waals surface area (Å²) in [4.78, 5) is 20.8. The van der Waals surface area contributed by atoms with Gasteiger partial charge in [-0.3, -0.25) is 9.59 Å². The van der Waals surface area contributed by atoms with Crippen LogP contribution in [0.3, 0.4) is 0 Å². The maximum atomic E-state index is 10.6. The fraction of sp³-hybridized carbons (Fsp3) is 0.778. The highest BCUT2D eigenvalue weighted by molar-refractivity contribution is 5.77. The lowest BCUT2D eigenvalue weighted by atomic mass is 9.98. The first-order valence-corrected chi connectivity index (χ1v) is 4.52. The van der Waals surface area contributed by atoms with E-state index in [2.05, 4.69) is 0 Å². The van der Waals surface area contributed by atoms with E-state index in [0.29, 0.717) is 6.42 Å². The number of hydrogen-bond acceptors (Lipinski definition) is 2. The second-order valence-corrected chi connectivity index (χ2v) is 3.13. The molecule has 2 N–H and O–H groups in total. The number of aliphatic carboxylic acids is 2. The summed E-state index contributed by atoms with van der Waals surface area (Å²) in [6.45, 7) is 2.02. The molecule has 0 radical (unpaired) electrons. The lowest BCUT2D eigenvalue weighted by Crippen LogP contribution is -2.17.